The number of methoxy groups -OCH3 is 1. The molecule has 184 valence electrons. The second kappa shape index (κ2) is 11.5. The molecule has 0 atom stereocenters. The Hall–Kier alpha value is -2.21. The Balaban J connectivity index is 0.00000324. The first-order valence-corrected chi connectivity index (χ1v) is 13.1. The topological polar surface area (TPSA) is 93.7 Å². The van der Waals surface area contributed by atoms with Gasteiger partial charge in [-0.25, -0.2) is 22.8 Å². The van der Waals surface area contributed by atoms with E-state index in [-0.39, 0.29) is 23.9 Å². The van der Waals surface area contributed by atoms with Crippen LogP contribution in [0.3, 0.4) is 0 Å². The second-order valence-electron chi connectivity index (χ2n) is 7.69. The van der Waals surface area contributed by atoms with Crippen molar-refractivity contribution >= 4 is 60.6 Å². The van der Waals surface area contributed by atoms with E-state index in [2.05, 4.69) is 36.1 Å². The maximum absolute atomic E-state index is 14.3. The fraction of sp³-hybridized carbons (Fsp3) is 0.364. The number of rotatable bonds is 8. The zero-order valence-electron chi connectivity index (χ0n) is 18.5. The Kier molecular flexibility index (Phi) is 8.91. The average molecular weight is 576 g/mol. The van der Waals surface area contributed by atoms with Gasteiger partial charge in [0, 0.05) is 35.6 Å². The monoisotopic (exact) mass is 574 g/mol. The van der Waals surface area contributed by atoms with Crippen LogP contribution in [0.1, 0.15) is 6.42 Å². The fourth-order valence-electron chi connectivity index (χ4n) is 3.60. The van der Waals surface area contributed by atoms with E-state index in [1.807, 2.05) is 0 Å². The van der Waals surface area contributed by atoms with E-state index >= 15 is 0 Å². The molecule has 2 heterocycles. The lowest BCUT2D eigenvalue weighted by Crippen LogP contribution is -2.40. The molecule has 0 unspecified atom stereocenters. The molecule has 2 aromatic carbocycles. The third-order valence-electron chi connectivity index (χ3n) is 5.42. The summed E-state index contributed by atoms with van der Waals surface area (Å²) in [4.78, 5) is 10.7. The minimum atomic E-state index is -2.88. The summed E-state index contributed by atoms with van der Waals surface area (Å²) in [6.07, 6.45) is 2.16. The molecular weight excluding hydrogens is 551 g/mol. The highest BCUT2D eigenvalue weighted by Crippen LogP contribution is 2.35. The molecule has 1 saturated heterocycles. The molecule has 0 radical (unpaired) electrons. The third-order valence-corrected chi connectivity index (χ3v) is 7.52. The molecule has 1 aromatic heterocycles. The van der Waals surface area contributed by atoms with Gasteiger partial charge < -0.3 is 19.7 Å². The first-order valence-electron chi connectivity index (χ1n) is 10.4. The Bertz CT molecular complexity index is 1250. The zero-order valence-corrected chi connectivity index (χ0v) is 21.7. The number of nitrogens with zero attached hydrogens (tertiary/aromatic N) is 3. The molecule has 0 saturated carbocycles. The third kappa shape index (κ3) is 6.47. The molecule has 4 rings (SSSR count). The van der Waals surface area contributed by atoms with Crippen molar-refractivity contribution < 1.29 is 22.3 Å². The van der Waals surface area contributed by atoms with Crippen LogP contribution in [0.25, 0.3) is 10.9 Å². The van der Waals surface area contributed by atoms with Crippen molar-refractivity contribution in [3.8, 4) is 11.5 Å². The minimum Gasteiger partial charge on any atom is -0.493 e. The molecule has 0 bridgehead atoms. The molecule has 1 fully saturated rings. The summed E-state index contributed by atoms with van der Waals surface area (Å²) in [6.45, 7) is 2.34. The van der Waals surface area contributed by atoms with E-state index in [1.165, 1.54) is 12.4 Å². The smallest absolute Gasteiger partial charge is 0.163 e. The Labute approximate surface area is 212 Å². The van der Waals surface area contributed by atoms with E-state index in [0.717, 1.165) is 13.0 Å². The normalized spacial score (nSPS) is 15.5. The van der Waals surface area contributed by atoms with Gasteiger partial charge in [-0.3, -0.25) is 0 Å². The molecule has 1 aliphatic heterocycles. The molecule has 8 nitrogen and oxygen atoms in total. The van der Waals surface area contributed by atoms with E-state index in [9.17, 15) is 12.8 Å². The van der Waals surface area contributed by atoms with Gasteiger partial charge in [-0.1, -0.05) is 15.9 Å². The molecule has 0 aliphatic carbocycles. The van der Waals surface area contributed by atoms with Crippen LogP contribution >= 0.6 is 28.3 Å². The first kappa shape index (κ1) is 26.4. The summed E-state index contributed by atoms with van der Waals surface area (Å²) in [5.74, 6) is 1.53. The summed E-state index contributed by atoms with van der Waals surface area (Å²) in [6, 6.07) is 8.27. The van der Waals surface area contributed by atoms with E-state index in [0.29, 0.717) is 58.1 Å². The van der Waals surface area contributed by atoms with Gasteiger partial charge in [-0.15, -0.1) is 12.4 Å². The highest BCUT2D eigenvalue weighted by Gasteiger charge is 2.21. The summed E-state index contributed by atoms with van der Waals surface area (Å²) >= 11 is 3.25. The zero-order chi connectivity index (χ0) is 23.4. The number of anilines is 2. The SMILES string of the molecule is COc1cc2c(Nc3ccc(Br)cc3F)ncnc2cc1OCCCN1CCS(=O)(=O)CC1.Cl. The summed E-state index contributed by atoms with van der Waals surface area (Å²) in [5, 5.41) is 3.68. The Morgan fingerprint density at radius 1 is 1.15 bits per heavy atom. The maximum Gasteiger partial charge on any atom is 0.163 e. The van der Waals surface area contributed by atoms with Crippen LogP contribution < -0.4 is 14.8 Å². The minimum absolute atomic E-state index is 0. The Morgan fingerprint density at radius 3 is 2.62 bits per heavy atom. The molecule has 12 heteroatoms. The second-order valence-corrected chi connectivity index (χ2v) is 10.9. The Morgan fingerprint density at radius 2 is 1.91 bits per heavy atom. The van der Waals surface area contributed by atoms with E-state index in [4.69, 9.17) is 9.47 Å². The highest BCUT2D eigenvalue weighted by atomic mass is 79.9. The molecule has 0 spiro atoms. The van der Waals surface area contributed by atoms with E-state index in [1.54, 1.807) is 31.4 Å². The van der Waals surface area contributed by atoms with Crippen LogP contribution in [0.15, 0.2) is 41.1 Å². The van der Waals surface area contributed by atoms with Gasteiger partial charge in [0.05, 0.1) is 36.4 Å². The highest BCUT2D eigenvalue weighted by molar-refractivity contribution is 9.10. The summed E-state index contributed by atoms with van der Waals surface area (Å²) < 4.78 is 49.5. The number of hydrogen-bond donors (Lipinski definition) is 1. The maximum atomic E-state index is 14.3. The molecule has 1 aliphatic rings. The van der Waals surface area contributed by atoms with E-state index < -0.39 is 15.7 Å². The van der Waals surface area contributed by atoms with Crippen molar-refractivity contribution in [2.24, 2.45) is 0 Å². The molecule has 1 N–H and O–H groups in total. The van der Waals surface area contributed by atoms with Gasteiger partial charge in [-0.2, -0.15) is 0 Å². The quantitative estimate of drug-likeness (QED) is 0.400. The largest absolute Gasteiger partial charge is 0.493 e. The van der Waals surface area contributed by atoms with Crippen LogP contribution in [0.4, 0.5) is 15.9 Å². The molecule has 34 heavy (non-hydrogen) atoms. The number of hydrogen-bond acceptors (Lipinski definition) is 8. The van der Waals surface area contributed by atoms with Crippen molar-refractivity contribution in [3.63, 3.8) is 0 Å². The average Bonchev–Trinajstić information content (AvgIpc) is 2.79. The summed E-state index contributed by atoms with van der Waals surface area (Å²) in [5.41, 5.74) is 0.921. The van der Waals surface area contributed by atoms with Crippen molar-refractivity contribution in [3.05, 3.63) is 46.9 Å². The number of halogens is 3. The van der Waals surface area contributed by atoms with Crippen LogP contribution in [-0.2, 0) is 9.84 Å². The van der Waals surface area contributed by atoms with Crippen LogP contribution in [-0.4, -0.2) is 68.1 Å². The van der Waals surface area contributed by atoms with Gasteiger partial charge in [-0.05, 0) is 30.7 Å². The summed E-state index contributed by atoms with van der Waals surface area (Å²) in [7, 11) is -1.33. The van der Waals surface area contributed by atoms with Crippen molar-refractivity contribution in [2.75, 3.05) is 50.2 Å². The fourth-order valence-corrected chi connectivity index (χ4v) is 5.21. The number of benzene rings is 2. The standard InChI is InChI=1S/C22H24BrFN4O4S.ClH/c1-31-20-12-16-19(25-14-26-22(16)27-18-4-3-15(23)11-17(18)24)13-21(20)32-8-2-5-28-6-9-33(29,30)10-7-28;/h3-4,11-14H,2,5-10H2,1H3,(H,25,26,27);1H. The number of nitrogens with one attached hydrogen (secondary N) is 1. The van der Waals surface area contributed by atoms with Gasteiger partial charge in [0.2, 0.25) is 0 Å². The predicted octanol–water partition coefficient (Wildman–Crippen LogP) is 4.20. The lowest BCUT2D eigenvalue weighted by atomic mass is 10.2. The molecular formula is C22H25BrClFN4O4S. The van der Waals surface area contributed by atoms with Crippen LogP contribution in [0.2, 0.25) is 0 Å². The van der Waals surface area contributed by atoms with Crippen LogP contribution in [0.5, 0.6) is 11.5 Å². The molecule has 3 aromatic rings. The lowest BCUT2D eigenvalue weighted by Gasteiger charge is -2.26. The molecule has 0 amide bonds. The number of ether oxygens (including phenoxy) is 2. The number of fused-ring (bicyclic) bond motifs is 1. The van der Waals surface area contributed by atoms with Crippen molar-refractivity contribution in [1.29, 1.82) is 0 Å². The van der Waals surface area contributed by atoms with Crippen LogP contribution in [0, 0.1) is 5.82 Å². The van der Waals surface area contributed by atoms with Gasteiger partial charge in [0.25, 0.3) is 0 Å². The van der Waals surface area contributed by atoms with Gasteiger partial charge in [0.1, 0.15) is 18.0 Å². The first-order chi connectivity index (χ1) is 15.8. The van der Waals surface area contributed by atoms with Gasteiger partial charge >= 0.3 is 0 Å². The van der Waals surface area contributed by atoms with Crippen molar-refractivity contribution in [1.82, 2.24) is 14.9 Å². The van der Waals surface area contributed by atoms with Crippen molar-refractivity contribution in [2.45, 2.75) is 6.42 Å². The number of sulfone groups is 1. The lowest BCUT2D eigenvalue weighted by molar-refractivity contribution is 0.240. The van der Waals surface area contributed by atoms with Gasteiger partial charge in [0.15, 0.2) is 21.3 Å². The predicted molar refractivity (Wildman–Crippen MR) is 136 cm³/mol. The number of aromatic nitrogens is 2.